The van der Waals surface area contributed by atoms with Crippen molar-refractivity contribution < 1.29 is 5.11 Å². The lowest BCUT2D eigenvalue weighted by Gasteiger charge is -2.36. The van der Waals surface area contributed by atoms with Gasteiger partial charge in [0.2, 0.25) is 0 Å². The van der Waals surface area contributed by atoms with Gasteiger partial charge in [-0.1, -0.05) is 19.3 Å². The normalized spacial score (nSPS) is 38.6. The minimum Gasteiger partial charge on any atom is -0.394 e. The highest BCUT2D eigenvalue weighted by atomic mass is 16.3. The molecule has 1 saturated heterocycles. The number of likely N-dealkylation sites (N-methyl/N-ethyl adjacent to an activating group) is 1. The van der Waals surface area contributed by atoms with Crippen molar-refractivity contribution in [1.82, 2.24) is 10.2 Å². The summed E-state index contributed by atoms with van der Waals surface area (Å²) in [7, 11) is 2.03. The number of nitrogens with one attached hydrogen (secondary N) is 1. The predicted molar refractivity (Wildman–Crippen MR) is 87.4 cm³/mol. The molecule has 3 fully saturated rings. The summed E-state index contributed by atoms with van der Waals surface area (Å²) in [5.74, 6) is 1.65. The molecule has 21 heavy (non-hydrogen) atoms. The number of likely N-dealkylation sites (tertiary alicyclic amines) is 1. The molecule has 0 amide bonds. The number of aliphatic hydroxyl groups is 1. The van der Waals surface area contributed by atoms with E-state index in [1.165, 1.54) is 70.9 Å². The summed E-state index contributed by atoms with van der Waals surface area (Å²) in [6.45, 7) is 2.88. The molecule has 3 atom stereocenters. The second-order valence-electron chi connectivity index (χ2n) is 7.73. The fraction of sp³-hybridized carbons (Fsp3) is 1.00. The molecule has 0 radical (unpaired) electrons. The molecule has 3 heteroatoms. The summed E-state index contributed by atoms with van der Waals surface area (Å²) >= 11 is 0. The molecule has 0 aromatic heterocycles. The molecule has 2 N–H and O–H groups in total. The van der Waals surface area contributed by atoms with E-state index in [-0.39, 0.29) is 5.54 Å². The first kappa shape index (κ1) is 15.8. The van der Waals surface area contributed by atoms with E-state index in [0.29, 0.717) is 12.5 Å². The molecular formula is C18H34N2O. The highest BCUT2D eigenvalue weighted by Gasteiger charge is 2.41. The Hall–Kier alpha value is -0.120. The second-order valence-corrected chi connectivity index (χ2v) is 7.73. The van der Waals surface area contributed by atoms with Crippen molar-refractivity contribution >= 4 is 0 Å². The summed E-state index contributed by atoms with van der Waals surface area (Å²) in [5.41, 5.74) is 0.0164. The van der Waals surface area contributed by atoms with Gasteiger partial charge in [-0.15, -0.1) is 0 Å². The maximum Gasteiger partial charge on any atom is 0.0615 e. The van der Waals surface area contributed by atoms with Crippen LogP contribution in [0.15, 0.2) is 0 Å². The van der Waals surface area contributed by atoms with Crippen molar-refractivity contribution in [2.24, 2.45) is 11.8 Å². The van der Waals surface area contributed by atoms with Crippen LogP contribution in [0.25, 0.3) is 0 Å². The van der Waals surface area contributed by atoms with E-state index >= 15 is 0 Å². The number of nitrogens with zero attached hydrogens (tertiary/aromatic N) is 1. The zero-order valence-electron chi connectivity index (χ0n) is 13.8. The van der Waals surface area contributed by atoms with Gasteiger partial charge in [0.25, 0.3) is 0 Å². The van der Waals surface area contributed by atoms with Gasteiger partial charge < -0.3 is 15.3 Å². The van der Waals surface area contributed by atoms with E-state index in [2.05, 4.69) is 10.2 Å². The third-order valence-electron chi connectivity index (χ3n) is 6.86. The molecule has 0 aromatic carbocycles. The Morgan fingerprint density at radius 3 is 2.62 bits per heavy atom. The topological polar surface area (TPSA) is 35.5 Å². The van der Waals surface area contributed by atoms with Crippen LogP contribution in [-0.4, -0.2) is 48.3 Å². The SMILES string of the molecule is CNC1(CO)CCCC1CCN1CCCC1C1CCCC1. The van der Waals surface area contributed by atoms with Gasteiger partial charge in [-0.2, -0.15) is 0 Å². The summed E-state index contributed by atoms with van der Waals surface area (Å²) in [6.07, 6.45) is 13.7. The summed E-state index contributed by atoms with van der Waals surface area (Å²) in [6, 6.07) is 0.881. The first-order valence-electron chi connectivity index (χ1n) is 9.33. The average Bonchev–Trinajstić information content (AvgIpc) is 3.24. The minimum atomic E-state index is 0.0164. The Kier molecular flexibility index (Phi) is 5.23. The van der Waals surface area contributed by atoms with Gasteiger partial charge in [0.05, 0.1) is 6.61 Å². The summed E-state index contributed by atoms with van der Waals surface area (Å²) in [4.78, 5) is 2.80. The first-order valence-corrected chi connectivity index (χ1v) is 9.33. The predicted octanol–water partition coefficient (Wildman–Crippen LogP) is 2.78. The van der Waals surface area contributed by atoms with E-state index in [9.17, 15) is 5.11 Å². The lowest BCUT2D eigenvalue weighted by molar-refractivity contribution is 0.110. The van der Waals surface area contributed by atoms with E-state index < -0.39 is 0 Å². The second kappa shape index (κ2) is 6.97. The zero-order valence-corrected chi connectivity index (χ0v) is 13.8. The molecule has 1 heterocycles. The maximum atomic E-state index is 9.83. The van der Waals surface area contributed by atoms with Crippen LogP contribution in [0.1, 0.15) is 64.2 Å². The van der Waals surface area contributed by atoms with Crippen molar-refractivity contribution in [3.05, 3.63) is 0 Å². The molecule has 3 unspecified atom stereocenters. The van der Waals surface area contributed by atoms with E-state index in [4.69, 9.17) is 0 Å². The molecule has 0 bridgehead atoms. The van der Waals surface area contributed by atoms with Crippen LogP contribution < -0.4 is 5.32 Å². The molecule has 1 aliphatic heterocycles. The number of rotatable bonds is 6. The Bertz CT molecular complexity index is 323. The molecule has 3 aliphatic rings. The highest BCUT2D eigenvalue weighted by molar-refractivity contribution is 4.99. The van der Waals surface area contributed by atoms with Crippen LogP contribution in [0.4, 0.5) is 0 Å². The van der Waals surface area contributed by atoms with Gasteiger partial charge in [-0.05, 0) is 76.9 Å². The van der Waals surface area contributed by atoms with Gasteiger partial charge in [0, 0.05) is 11.6 Å². The van der Waals surface area contributed by atoms with Crippen molar-refractivity contribution in [2.45, 2.75) is 75.8 Å². The third-order valence-corrected chi connectivity index (χ3v) is 6.86. The molecular weight excluding hydrogens is 260 g/mol. The monoisotopic (exact) mass is 294 g/mol. The van der Waals surface area contributed by atoms with Gasteiger partial charge in [-0.25, -0.2) is 0 Å². The van der Waals surface area contributed by atoms with Gasteiger partial charge in [0.15, 0.2) is 0 Å². The molecule has 122 valence electrons. The van der Waals surface area contributed by atoms with Crippen LogP contribution in [0.5, 0.6) is 0 Å². The molecule has 2 saturated carbocycles. The molecule has 3 nitrogen and oxygen atoms in total. The van der Waals surface area contributed by atoms with Crippen molar-refractivity contribution in [1.29, 1.82) is 0 Å². The third kappa shape index (κ3) is 3.16. The van der Waals surface area contributed by atoms with Gasteiger partial charge in [-0.3, -0.25) is 0 Å². The lowest BCUT2D eigenvalue weighted by atomic mass is 9.85. The van der Waals surface area contributed by atoms with E-state index in [0.717, 1.165) is 18.4 Å². The number of hydrogen-bond acceptors (Lipinski definition) is 3. The van der Waals surface area contributed by atoms with E-state index in [1.807, 2.05) is 7.05 Å². The van der Waals surface area contributed by atoms with Crippen LogP contribution >= 0.6 is 0 Å². The lowest BCUT2D eigenvalue weighted by Crippen LogP contribution is -2.50. The molecule has 3 rings (SSSR count). The Morgan fingerprint density at radius 2 is 1.90 bits per heavy atom. The zero-order chi connectivity index (χ0) is 14.7. The summed E-state index contributed by atoms with van der Waals surface area (Å²) in [5, 5.41) is 13.3. The highest BCUT2D eigenvalue weighted by Crippen LogP contribution is 2.39. The first-order chi connectivity index (χ1) is 10.3. The fourth-order valence-electron chi connectivity index (χ4n) is 5.51. The standard InChI is InChI=1S/C18H34N2O/c1-19-18(14-21)11-4-8-16(18)10-13-20-12-5-9-17(20)15-6-2-3-7-15/h15-17,19,21H,2-14H2,1H3. The quantitative estimate of drug-likeness (QED) is 0.791. The van der Waals surface area contributed by atoms with Crippen LogP contribution in [0, 0.1) is 11.8 Å². The Labute approximate surface area is 130 Å². The molecule has 2 aliphatic carbocycles. The van der Waals surface area contributed by atoms with Crippen molar-refractivity contribution in [2.75, 3.05) is 26.7 Å². The van der Waals surface area contributed by atoms with Gasteiger partial charge in [0.1, 0.15) is 0 Å². The van der Waals surface area contributed by atoms with Crippen LogP contribution in [0.3, 0.4) is 0 Å². The largest absolute Gasteiger partial charge is 0.394 e. The molecule has 0 spiro atoms. The van der Waals surface area contributed by atoms with Crippen molar-refractivity contribution in [3.8, 4) is 0 Å². The fourth-order valence-corrected chi connectivity index (χ4v) is 5.51. The van der Waals surface area contributed by atoms with Crippen molar-refractivity contribution in [3.63, 3.8) is 0 Å². The average molecular weight is 294 g/mol. The van der Waals surface area contributed by atoms with Gasteiger partial charge >= 0.3 is 0 Å². The number of aliphatic hydroxyl groups excluding tert-OH is 1. The number of hydrogen-bond donors (Lipinski definition) is 2. The Balaban J connectivity index is 1.54. The minimum absolute atomic E-state index is 0.0164. The molecule has 0 aromatic rings. The van der Waals surface area contributed by atoms with Crippen LogP contribution in [0.2, 0.25) is 0 Å². The maximum absolute atomic E-state index is 9.83. The summed E-state index contributed by atoms with van der Waals surface area (Å²) < 4.78 is 0. The Morgan fingerprint density at radius 1 is 1.10 bits per heavy atom. The van der Waals surface area contributed by atoms with Crippen LogP contribution in [-0.2, 0) is 0 Å². The smallest absolute Gasteiger partial charge is 0.0615 e. The van der Waals surface area contributed by atoms with E-state index in [1.54, 1.807) is 0 Å².